The summed E-state index contributed by atoms with van der Waals surface area (Å²) < 4.78 is 0. The lowest BCUT2D eigenvalue weighted by molar-refractivity contribution is -0.380. The highest BCUT2D eigenvalue weighted by molar-refractivity contribution is 7.17. The minimum Gasteiger partial charge on any atom is -0.337 e. The molecule has 1 amide bonds. The van der Waals surface area contributed by atoms with Crippen molar-refractivity contribution >= 4 is 22.2 Å². The number of aromatic amines is 1. The Balaban J connectivity index is 1.88. The maximum atomic E-state index is 12.5. The van der Waals surface area contributed by atoms with E-state index in [0.717, 1.165) is 16.9 Å². The zero-order valence-electron chi connectivity index (χ0n) is 12.6. The Labute approximate surface area is 140 Å². The number of aryl methyl sites for hydroxylation is 1. The summed E-state index contributed by atoms with van der Waals surface area (Å²) in [6.45, 7) is 1.77. The van der Waals surface area contributed by atoms with Crippen LogP contribution in [0.5, 0.6) is 0 Å². The van der Waals surface area contributed by atoms with E-state index in [-0.39, 0.29) is 9.88 Å². The van der Waals surface area contributed by atoms with Gasteiger partial charge < -0.3 is 5.32 Å². The van der Waals surface area contributed by atoms with Crippen molar-refractivity contribution in [2.45, 2.75) is 13.0 Å². The van der Waals surface area contributed by atoms with Gasteiger partial charge in [-0.15, -0.1) is 0 Å². The van der Waals surface area contributed by atoms with E-state index >= 15 is 0 Å². The Morgan fingerprint density at radius 3 is 2.62 bits per heavy atom. The fourth-order valence-electron chi connectivity index (χ4n) is 2.18. The molecule has 0 aliphatic carbocycles. The van der Waals surface area contributed by atoms with Crippen molar-refractivity contribution in [3.63, 3.8) is 0 Å². The maximum Gasteiger partial charge on any atom is 0.324 e. The number of aromatic nitrogens is 3. The Morgan fingerprint density at radius 2 is 2.04 bits per heavy atom. The Hall–Kier alpha value is -3.07. The standard InChI is InChI=1S/C15H13N5O3S/c1-9-16-14(19-18-9)13(10-5-3-2-4-6-10)17-15(21)11-7-8-12(24-11)20(22)23/h2-8,13H,1H3,(H,17,21)(H,16,18,19)/t13-/m0/s1. The SMILES string of the molecule is Cc1nc([C@@H](NC(=O)c2ccc([N+](=O)[O-])s2)c2ccccc2)n[nH]1. The van der Waals surface area contributed by atoms with Crippen LogP contribution in [-0.4, -0.2) is 26.0 Å². The van der Waals surface area contributed by atoms with E-state index in [0.29, 0.717) is 11.6 Å². The van der Waals surface area contributed by atoms with E-state index in [2.05, 4.69) is 20.5 Å². The fourth-order valence-corrected chi connectivity index (χ4v) is 2.91. The first-order valence-corrected chi connectivity index (χ1v) is 7.85. The smallest absolute Gasteiger partial charge is 0.324 e. The molecule has 0 aliphatic heterocycles. The lowest BCUT2D eigenvalue weighted by Crippen LogP contribution is -2.29. The third kappa shape index (κ3) is 3.30. The largest absolute Gasteiger partial charge is 0.337 e. The van der Waals surface area contributed by atoms with Gasteiger partial charge in [0, 0.05) is 6.07 Å². The van der Waals surface area contributed by atoms with Crippen LogP contribution < -0.4 is 5.32 Å². The van der Waals surface area contributed by atoms with Gasteiger partial charge in [-0.3, -0.25) is 20.0 Å². The van der Waals surface area contributed by atoms with Crippen LogP contribution in [0.3, 0.4) is 0 Å². The molecule has 2 aromatic heterocycles. The third-order valence-corrected chi connectivity index (χ3v) is 4.31. The van der Waals surface area contributed by atoms with Crippen molar-refractivity contribution < 1.29 is 9.72 Å². The molecule has 0 aliphatic rings. The van der Waals surface area contributed by atoms with Gasteiger partial charge in [0.15, 0.2) is 5.82 Å². The molecule has 9 heteroatoms. The summed E-state index contributed by atoms with van der Waals surface area (Å²) in [5.74, 6) is 0.648. The predicted molar refractivity (Wildman–Crippen MR) is 87.8 cm³/mol. The molecule has 1 aromatic carbocycles. The normalized spacial score (nSPS) is 11.9. The van der Waals surface area contributed by atoms with Gasteiger partial charge in [-0.1, -0.05) is 41.7 Å². The molecule has 0 saturated carbocycles. The summed E-state index contributed by atoms with van der Waals surface area (Å²) in [6, 6.07) is 11.5. The van der Waals surface area contributed by atoms with Crippen molar-refractivity contribution in [3.05, 3.63) is 74.7 Å². The van der Waals surface area contributed by atoms with Gasteiger partial charge in [0.2, 0.25) is 0 Å². The molecular formula is C15H13N5O3S. The molecule has 24 heavy (non-hydrogen) atoms. The van der Waals surface area contributed by atoms with Gasteiger partial charge in [0.25, 0.3) is 5.91 Å². The number of H-pyrrole nitrogens is 1. The molecule has 0 saturated heterocycles. The van der Waals surface area contributed by atoms with Crippen LogP contribution in [0.4, 0.5) is 5.00 Å². The summed E-state index contributed by atoms with van der Waals surface area (Å²) >= 11 is 0.827. The highest BCUT2D eigenvalue weighted by Crippen LogP contribution is 2.25. The molecule has 1 atom stereocenters. The Bertz CT molecular complexity index is 874. The minimum absolute atomic E-state index is 0.0786. The lowest BCUT2D eigenvalue weighted by atomic mass is 10.1. The summed E-state index contributed by atoms with van der Waals surface area (Å²) in [4.78, 5) is 27.2. The van der Waals surface area contributed by atoms with Gasteiger partial charge in [-0.25, -0.2) is 4.98 Å². The van der Waals surface area contributed by atoms with E-state index in [1.165, 1.54) is 12.1 Å². The first-order chi connectivity index (χ1) is 11.5. The van der Waals surface area contributed by atoms with Gasteiger partial charge in [0.1, 0.15) is 11.9 Å². The van der Waals surface area contributed by atoms with E-state index in [4.69, 9.17) is 0 Å². The number of carbonyl (C=O) groups excluding carboxylic acids is 1. The number of nitrogens with zero attached hydrogens (tertiary/aromatic N) is 3. The quantitative estimate of drug-likeness (QED) is 0.546. The average molecular weight is 343 g/mol. The maximum absolute atomic E-state index is 12.5. The molecule has 2 N–H and O–H groups in total. The van der Waals surface area contributed by atoms with Crippen molar-refractivity contribution in [2.24, 2.45) is 0 Å². The number of thiophene rings is 1. The van der Waals surface area contributed by atoms with Gasteiger partial charge in [0.05, 0.1) is 9.80 Å². The number of rotatable bonds is 5. The highest BCUT2D eigenvalue weighted by atomic mass is 32.1. The van der Waals surface area contributed by atoms with Crippen LogP contribution in [0.1, 0.15) is 32.9 Å². The highest BCUT2D eigenvalue weighted by Gasteiger charge is 2.23. The Kier molecular flexibility index (Phi) is 4.34. The molecule has 0 unspecified atom stereocenters. The average Bonchev–Trinajstić information content (AvgIpc) is 3.22. The van der Waals surface area contributed by atoms with Crippen molar-refractivity contribution in [1.29, 1.82) is 0 Å². The van der Waals surface area contributed by atoms with E-state index in [1.54, 1.807) is 6.92 Å². The molecule has 0 bridgehead atoms. The summed E-state index contributed by atoms with van der Waals surface area (Å²) in [7, 11) is 0. The van der Waals surface area contributed by atoms with E-state index < -0.39 is 16.9 Å². The number of carbonyl (C=O) groups is 1. The van der Waals surface area contributed by atoms with Crippen molar-refractivity contribution in [1.82, 2.24) is 20.5 Å². The first-order valence-electron chi connectivity index (χ1n) is 7.03. The van der Waals surface area contributed by atoms with Crippen LogP contribution in [-0.2, 0) is 0 Å². The molecule has 8 nitrogen and oxygen atoms in total. The zero-order valence-corrected chi connectivity index (χ0v) is 13.4. The number of hydrogen-bond acceptors (Lipinski definition) is 6. The topological polar surface area (TPSA) is 114 Å². The van der Waals surface area contributed by atoms with Crippen LogP contribution in [0.2, 0.25) is 0 Å². The summed E-state index contributed by atoms with van der Waals surface area (Å²) in [5, 5.41) is 20.4. The van der Waals surface area contributed by atoms with Crippen molar-refractivity contribution in [3.8, 4) is 0 Å². The molecule has 0 fully saturated rings. The molecule has 122 valence electrons. The van der Waals surface area contributed by atoms with Crippen LogP contribution in [0.25, 0.3) is 0 Å². The second kappa shape index (κ2) is 6.59. The second-order valence-electron chi connectivity index (χ2n) is 4.99. The molecular weight excluding hydrogens is 330 g/mol. The fraction of sp³-hybridized carbons (Fsp3) is 0.133. The van der Waals surface area contributed by atoms with Crippen molar-refractivity contribution in [2.75, 3.05) is 0 Å². The number of benzene rings is 1. The number of amides is 1. The summed E-state index contributed by atoms with van der Waals surface area (Å²) in [5.41, 5.74) is 0.816. The van der Waals surface area contributed by atoms with Crippen LogP contribution >= 0.6 is 11.3 Å². The first kappa shape index (κ1) is 15.8. The molecule has 3 rings (SSSR count). The van der Waals surface area contributed by atoms with E-state index in [9.17, 15) is 14.9 Å². The number of hydrogen-bond donors (Lipinski definition) is 2. The van der Waals surface area contributed by atoms with Crippen LogP contribution in [0, 0.1) is 17.0 Å². The Morgan fingerprint density at radius 1 is 1.29 bits per heavy atom. The second-order valence-corrected chi connectivity index (χ2v) is 6.05. The van der Waals surface area contributed by atoms with E-state index in [1.807, 2.05) is 30.3 Å². The molecule has 2 heterocycles. The molecule has 0 spiro atoms. The third-order valence-electron chi connectivity index (χ3n) is 3.28. The molecule has 3 aromatic rings. The number of nitro groups is 1. The number of nitrogens with one attached hydrogen (secondary N) is 2. The van der Waals surface area contributed by atoms with Gasteiger partial charge in [-0.05, 0) is 18.6 Å². The zero-order chi connectivity index (χ0) is 17.1. The predicted octanol–water partition coefficient (Wildman–Crippen LogP) is 2.60. The summed E-state index contributed by atoms with van der Waals surface area (Å²) in [6.07, 6.45) is 0. The van der Waals surface area contributed by atoms with Gasteiger partial charge >= 0.3 is 5.00 Å². The lowest BCUT2D eigenvalue weighted by Gasteiger charge is -2.15. The molecule has 0 radical (unpaired) electrons. The van der Waals surface area contributed by atoms with Gasteiger partial charge in [-0.2, -0.15) is 5.10 Å². The monoisotopic (exact) mass is 343 g/mol. The minimum atomic E-state index is -0.551. The van der Waals surface area contributed by atoms with Crippen LogP contribution in [0.15, 0.2) is 42.5 Å².